The molecule has 0 atom stereocenters. The largest absolute Gasteiger partial charge is 0.416 e. The fourth-order valence-corrected chi connectivity index (χ4v) is 6.23. The first kappa shape index (κ1) is 26.6. The number of carbonyl (C=O) groups is 2. The first-order chi connectivity index (χ1) is 15.8. The van der Waals surface area contributed by atoms with E-state index in [2.05, 4.69) is 0 Å². The molecule has 2 aromatic carbocycles. The molecule has 0 unspecified atom stereocenters. The number of halogens is 6. The van der Waals surface area contributed by atoms with Crippen molar-refractivity contribution in [2.24, 2.45) is 0 Å². The Bertz CT molecular complexity index is 953. The van der Waals surface area contributed by atoms with Gasteiger partial charge in [-0.2, -0.15) is 26.3 Å². The highest BCUT2D eigenvalue weighted by Crippen LogP contribution is 2.43. The van der Waals surface area contributed by atoms with Gasteiger partial charge >= 0.3 is 24.4 Å². The summed E-state index contributed by atoms with van der Waals surface area (Å²) in [6.07, 6.45) is -9.07. The molecule has 4 amide bonds. The number of alkyl halides is 6. The molecule has 2 aromatic rings. The number of anilines is 2. The molecule has 1 heterocycles. The first-order valence-electron chi connectivity index (χ1n) is 8.98. The predicted molar refractivity (Wildman–Crippen MR) is 125 cm³/mol. The molecule has 0 spiro atoms. The van der Waals surface area contributed by atoms with E-state index in [0.717, 1.165) is 110 Å². The molecule has 6 nitrogen and oxygen atoms in total. The maximum atomic E-state index is 12.9. The normalized spacial score (nSPS) is 16.8. The van der Waals surface area contributed by atoms with E-state index in [-0.39, 0.29) is 11.4 Å². The van der Waals surface area contributed by atoms with E-state index in [9.17, 15) is 35.9 Å². The highest BCUT2D eigenvalue weighted by atomic mass is 33.1. The number of hydrogen-bond donors (Lipinski definition) is 0. The van der Waals surface area contributed by atoms with Gasteiger partial charge in [-0.25, -0.2) is 18.2 Å². The summed E-state index contributed by atoms with van der Waals surface area (Å²) < 4.78 is 81.7. The Kier molecular flexibility index (Phi) is 8.04. The van der Waals surface area contributed by atoms with Gasteiger partial charge in [-0.1, -0.05) is 0 Å². The summed E-state index contributed by atoms with van der Waals surface area (Å²) in [6.45, 7) is 0. The van der Waals surface area contributed by atoms with Crippen LogP contribution < -0.4 is 8.61 Å². The van der Waals surface area contributed by atoms with Crippen molar-refractivity contribution >= 4 is 67.4 Å². The zero-order valence-electron chi connectivity index (χ0n) is 17.1. The Morgan fingerprint density at radius 3 is 1.12 bits per heavy atom. The van der Waals surface area contributed by atoms with Crippen molar-refractivity contribution in [2.45, 2.75) is 12.4 Å². The van der Waals surface area contributed by atoms with Gasteiger partial charge in [0.15, 0.2) is 0 Å². The third kappa shape index (κ3) is 6.14. The molecular weight excluding hydrogens is 546 g/mol. The van der Waals surface area contributed by atoms with Crippen LogP contribution in [0.2, 0.25) is 0 Å². The topological polar surface area (TPSA) is 47.1 Å². The molecule has 1 saturated heterocycles. The second kappa shape index (κ2) is 10.3. The summed E-state index contributed by atoms with van der Waals surface area (Å²) in [5.41, 5.74) is -1.43. The summed E-state index contributed by atoms with van der Waals surface area (Å²) >= 11 is 0. The predicted octanol–water partition coefficient (Wildman–Crippen LogP) is 7.58. The quantitative estimate of drug-likeness (QED) is 0.214. The van der Waals surface area contributed by atoms with Gasteiger partial charge in [0.2, 0.25) is 0 Å². The van der Waals surface area contributed by atoms with Gasteiger partial charge in [-0.3, -0.25) is 8.61 Å². The van der Waals surface area contributed by atoms with E-state index in [1.807, 2.05) is 0 Å². The van der Waals surface area contributed by atoms with Gasteiger partial charge in [0.05, 0.1) is 44.5 Å². The Morgan fingerprint density at radius 1 is 0.559 bits per heavy atom. The van der Waals surface area contributed by atoms with Crippen LogP contribution in [-0.4, -0.2) is 34.8 Å². The lowest BCUT2D eigenvalue weighted by Gasteiger charge is -2.32. The van der Waals surface area contributed by atoms with Crippen molar-refractivity contribution < 1.29 is 35.9 Å². The van der Waals surface area contributed by atoms with Gasteiger partial charge in [-0.05, 0) is 48.5 Å². The van der Waals surface area contributed by atoms with Crippen LogP contribution in [0.5, 0.6) is 0 Å². The van der Waals surface area contributed by atoms with E-state index in [1.54, 1.807) is 0 Å². The highest BCUT2D eigenvalue weighted by Gasteiger charge is 2.34. The average Bonchev–Trinajstić information content (AvgIpc) is 2.77. The lowest BCUT2D eigenvalue weighted by Crippen LogP contribution is -2.37. The van der Waals surface area contributed by atoms with Gasteiger partial charge in [-0.15, -0.1) is 0 Å². The maximum Gasteiger partial charge on any atom is 0.416 e. The van der Waals surface area contributed by atoms with Crippen molar-refractivity contribution in [3.8, 4) is 0 Å². The van der Waals surface area contributed by atoms with Crippen molar-refractivity contribution in [3.63, 3.8) is 0 Å². The van der Waals surface area contributed by atoms with Crippen LogP contribution >= 0.6 is 43.9 Å². The Hall–Kier alpha value is -2.04. The third-order valence-corrected chi connectivity index (χ3v) is 8.74. The zero-order chi connectivity index (χ0) is 25.3. The zero-order valence-corrected chi connectivity index (χ0v) is 20.4. The van der Waals surface area contributed by atoms with Gasteiger partial charge in [0.25, 0.3) is 0 Å². The molecule has 0 aromatic heterocycles. The van der Waals surface area contributed by atoms with Gasteiger partial charge in [0.1, 0.15) is 0 Å². The first-order valence-corrected chi connectivity index (χ1v) is 13.1. The molecule has 3 rings (SSSR count). The molecule has 0 saturated carbocycles. The minimum atomic E-state index is -4.53. The van der Waals surface area contributed by atoms with E-state index in [4.69, 9.17) is 0 Å². The summed E-state index contributed by atoms with van der Waals surface area (Å²) in [7, 11) is 6.02. The average molecular weight is 561 g/mol. The van der Waals surface area contributed by atoms with Crippen LogP contribution in [0.15, 0.2) is 48.5 Å². The van der Waals surface area contributed by atoms with E-state index < -0.39 is 35.5 Å². The lowest BCUT2D eigenvalue weighted by molar-refractivity contribution is -0.138. The standard InChI is InChI=1S/C18H14F6N4O2S4/c1-25-15(29)27(13-7-3-11(4-8-13)17(19,20)21)34-32-26(2)16(30)28(33-31-25)14-9-5-12(6-10-14)18(22,23)24/h3-10H,1-2H3. The number of hydrogen-bond acceptors (Lipinski definition) is 6. The number of amides is 4. The highest BCUT2D eigenvalue weighted by molar-refractivity contribution is 8.77. The van der Waals surface area contributed by atoms with Crippen LogP contribution in [-0.2, 0) is 12.4 Å². The second-order valence-corrected chi connectivity index (χ2v) is 10.7. The van der Waals surface area contributed by atoms with Crippen LogP contribution in [0.4, 0.5) is 47.3 Å². The van der Waals surface area contributed by atoms with E-state index in [0.29, 0.717) is 0 Å². The van der Waals surface area contributed by atoms with Crippen molar-refractivity contribution in [3.05, 3.63) is 59.7 Å². The minimum absolute atomic E-state index is 0.161. The van der Waals surface area contributed by atoms with Crippen LogP contribution in [0.25, 0.3) is 0 Å². The number of nitrogens with zero attached hydrogens (tertiary/aromatic N) is 4. The third-order valence-electron chi connectivity index (χ3n) is 4.18. The molecule has 184 valence electrons. The minimum Gasteiger partial charge on any atom is -0.259 e. The van der Waals surface area contributed by atoms with Crippen LogP contribution in [0.3, 0.4) is 0 Å². The molecule has 0 radical (unpaired) electrons. The molecule has 0 bridgehead atoms. The number of carbonyl (C=O) groups excluding carboxylic acids is 2. The van der Waals surface area contributed by atoms with Gasteiger partial charge in [0, 0.05) is 36.1 Å². The van der Waals surface area contributed by atoms with Crippen molar-refractivity contribution in [1.29, 1.82) is 0 Å². The SMILES string of the molecule is CN1SSN(c2ccc(C(F)(F)F)cc2)C(=O)N(C)SSN(c2ccc(C(F)(F)F)cc2)C1=O. The van der Waals surface area contributed by atoms with Crippen molar-refractivity contribution in [2.75, 3.05) is 22.7 Å². The fourth-order valence-electron chi connectivity index (χ4n) is 2.43. The molecule has 0 N–H and O–H groups in total. The smallest absolute Gasteiger partial charge is 0.259 e. The Morgan fingerprint density at radius 2 is 0.853 bits per heavy atom. The Labute approximate surface area is 206 Å². The summed E-state index contributed by atoms with van der Waals surface area (Å²) in [5, 5.41) is 0. The number of urea groups is 2. The number of rotatable bonds is 2. The number of benzene rings is 2. The molecule has 1 aliphatic rings. The molecule has 0 aliphatic carbocycles. The lowest BCUT2D eigenvalue weighted by atomic mass is 10.2. The molecule has 1 aliphatic heterocycles. The summed E-state index contributed by atoms with van der Waals surface area (Å²) in [6, 6.07) is 6.72. The molecule has 16 heteroatoms. The van der Waals surface area contributed by atoms with Crippen molar-refractivity contribution in [1.82, 2.24) is 8.61 Å². The summed E-state index contributed by atoms with van der Waals surface area (Å²) in [4.78, 5) is 25.9. The molecular formula is C18H14F6N4O2S4. The monoisotopic (exact) mass is 560 g/mol. The molecule has 34 heavy (non-hydrogen) atoms. The summed E-state index contributed by atoms with van der Waals surface area (Å²) in [5.74, 6) is 0. The maximum absolute atomic E-state index is 12.9. The van der Waals surface area contributed by atoms with Crippen LogP contribution in [0.1, 0.15) is 11.1 Å². The molecule has 1 fully saturated rings. The van der Waals surface area contributed by atoms with Crippen LogP contribution in [0, 0.1) is 0 Å². The fraction of sp³-hybridized carbons (Fsp3) is 0.222. The van der Waals surface area contributed by atoms with E-state index in [1.165, 1.54) is 14.1 Å². The van der Waals surface area contributed by atoms with E-state index >= 15 is 0 Å². The second-order valence-electron chi connectivity index (χ2n) is 6.54. The van der Waals surface area contributed by atoms with Gasteiger partial charge < -0.3 is 0 Å². The Balaban J connectivity index is 1.83.